The zero-order valence-electron chi connectivity index (χ0n) is 20.2. The van der Waals surface area contributed by atoms with Gasteiger partial charge in [0.2, 0.25) is 0 Å². The Morgan fingerprint density at radius 2 is 1.52 bits per heavy atom. The fraction of sp³-hybridized carbons (Fsp3) is 0.640. The van der Waals surface area contributed by atoms with Gasteiger partial charge >= 0.3 is 5.97 Å². The van der Waals surface area contributed by atoms with Crippen molar-refractivity contribution in [2.45, 2.75) is 90.7 Å². The summed E-state index contributed by atoms with van der Waals surface area (Å²) in [7, 11) is 1.35. The van der Waals surface area contributed by atoms with E-state index < -0.39 is 11.6 Å². The van der Waals surface area contributed by atoms with Crippen LogP contribution < -0.4 is 5.32 Å². The van der Waals surface area contributed by atoms with Gasteiger partial charge in [0.25, 0.3) is 5.91 Å². The van der Waals surface area contributed by atoms with Crippen LogP contribution in [-0.2, 0) is 24.5 Å². The lowest BCUT2D eigenvalue weighted by molar-refractivity contribution is -0.165. The Labute approximate surface area is 187 Å². The van der Waals surface area contributed by atoms with Gasteiger partial charge in [-0.15, -0.1) is 0 Å². The van der Waals surface area contributed by atoms with Gasteiger partial charge in [0.05, 0.1) is 13.2 Å². The lowest BCUT2D eigenvalue weighted by Crippen LogP contribution is -2.39. The molecule has 1 N–H and O–H groups in total. The molecule has 174 valence electrons. The predicted octanol–water partition coefficient (Wildman–Crippen LogP) is 4.59. The number of hydrogen-bond donors (Lipinski definition) is 1. The molecule has 0 aliphatic heterocycles. The SMILES string of the molecule is COC(=O)C(C)(C)OCCCCCCC(NC(=O)c1ccc(C(C)(C)C)cc1)C(C)=O. The summed E-state index contributed by atoms with van der Waals surface area (Å²) < 4.78 is 10.3. The van der Waals surface area contributed by atoms with E-state index in [2.05, 4.69) is 26.1 Å². The van der Waals surface area contributed by atoms with Crippen LogP contribution in [0.2, 0.25) is 0 Å². The van der Waals surface area contributed by atoms with Crippen molar-refractivity contribution in [2.24, 2.45) is 0 Å². The fourth-order valence-electron chi connectivity index (χ4n) is 3.18. The first-order chi connectivity index (χ1) is 14.4. The number of carbonyl (C=O) groups is 3. The highest BCUT2D eigenvalue weighted by Crippen LogP contribution is 2.22. The second kappa shape index (κ2) is 12.0. The van der Waals surface area contributed by atoms with Gasteiger partial charge in [-0.05, 0) is 56.7 Å². The molecule has 0 aromatic heterocycles. The minimum Gasteiger partial charge on any atom is -0.467 e. The monoisotopic (exact) mass is 433 g/mol. The molecule has 0 heterocycles. The van der Waals surface area contributed by atoms with Crippen molar-refractivity contribution >= 4 is 17.7 Å². The third kappa shape index (κ3) is 9.21. The summed E-state index contributed by atoms with van der Waals surface area (Å²) in [6, 6.07) is 7.05. The molecule has 31 heavy (non-hydrogen) atoms. The summed E-state index contributed by atoms with van der Waals surface area (Å²) in [4.78, 5) is 36.1. The van der Waals surface area contributed by atoms with E-state index in [-0.39, 0.29) is 23.1 Å². The second-order valence-corrected chi connectivity index (χ2v) is 9.52. The first-order valence-electron chi connectivity index (χ1n) is 11.0. The smallest absolute Gasteiger partial charge is 0.337 e. The zero-order chi connectivity index (χ0) is 23.7. The lowest BCUT2D eigenvalue weighted by Gasteiger charge is -2.22. The molecule has 1 aromatic rings. The molecular weight excluding hydrogens is 394 g/mol. The molecule has 6 heteroatoms. The van der Waals surface area contributed by atoms with Crippen LogP contribution in [-0.4, -0.2) is 43.0 Å². The molecule has 0 aliphatic carbocycles. The summed E-state index contributed by atoms with van der Waals surface area (Å²) in [6.07, 6.45) is 4.09. The fourth-order valence-corrected chi connectivity index (χ4v) is 3.18. The maximum atomic E-state index is 12.6. The van der Waals surface area contributed by atoms with Crippen molar-refractivity contribution in [3.05, 3.63) is 35.4 Å². The second-order valence-electron chi connectivity index (χ2n) is 9.52. The van der Waals surface area contributed by atoms with Gasteiger partial charge in [-0.25, -0.2) is 4.79 Å². The number of amides is 1. The third-order valence-electron chi connectivity index (χ3n) is 5.34. The van der Waals surface area contributed by atoms with E-state index in [4.69, 9.17) is 9.47 Å². The van der Waals surface area contributed by atoms with Gasteiger partial charge in [-0.2, -0.15) is 0 Å². The van der Waals surface area contributed by atoms with Gasteiger partial charge < -0.3 is 14.8 Å². The first-order valence-corrected chi connectivity index (χ1v) is 11.0. The number of carbonyl (C=O) groups excluding carboxylic acids is 3. The summed E-state index contributed by atoms with van der Waals surface area (Å²) in [5.41, 5.74) is 0.802. The number of esters is 1. The number of ether oxygens (including phenoxy) is 2. The number of nitrogens with one attached hydrogen (secondary N) is 1. The Bertz CT molecular complexity index is 731. The predicted molar refractivity (Wildman–Crippen MR) is 122 cm³/mol. The van der Waals surface area contributed by atoms with E-state index >= 15 is 0 Å². The van der Waals surface area contributed by atoms with Crippen LogP contribution in [0.1, 0.15) is 89.6 Å². The maximum absolute atomic E-state index is 12.6. The molecule has 0 saturated carbocycles. The van der Waals surface area contributed by atoms with E-state index in [0.717, 1.165) is 31.2 Å². The molecule has 0 spiro atoms. The Hall–Kier alpha value is -2.21. The van der Waals surface area contributed by atoms with Crippen LogP contribution in [0.5, 0.6) is 0 Å². The molecule has 0 aliphatic rings. The zero-order valence-corrected chi connectivity index (χ0v) is 20.2. The highest BCUT2D eigenvalue weighted by molar-refractivity contribution is 5.97. The summed E-state index contributed by atoms with van der Waals surface area (Å²) in [5, 5.41) is 2.87. The normalized spacial score (nSPS) is 12.9. The summed E-state index contributed by atoms with van der Waals surface area (Å²) in [5.74, 6) is -0.650. The third-order valence-corrected chi connectivity index (χ3v) is 5.34. The van der Waals surface area contributed by atoms with Gasteiger partial charge in [0.1, 0.15) is 0 Å². The van der Waals surface area contributed by atoms with Crippen molar-refractivity contribution < 1.29 is 23.9 Å². The minimum atomic E-state index is -0.941. The minimum absolute atomic E-state index is 0.0248. The van der Waals surface area contributed by atoms with Crippen LogP contribution >= 0.6 is 0 Å². The van der Waals surface area contributed by atoms with E-state index in [1.165, 1.54) is 14.0 Å². The number of ketones is 1. The van der Waals surface area contributed by atoms with E-state index in [0.29, 0.717) is 18.6 Å². The van der Waals surface area contributed by atoms with Gasteiger partial charge in [0.15, 0.2) is 11.4 Å². The molecular formula is C25H39NO5. The van der Waals surface area contributed by atoms with Gasteiger partial charge in [0, 0.05) is 12.2 Å². The highest BCUT2D eigenvalue weighted by atomic mass is 16.6. The number of unbranched alkanes of at least 4 members (excludes halogenated alkanes) is 3. The van der Waals surface area contributed by atoms with Crippen molar-refractivity contribution in [3.63, 3.8) is 0 Å². The number of Topliss-reactive ketones (excluding diaryl/α,β-unsaturated/α-hetero) is 1. The summed E-state index contributed by atoms with van der Waals surface area (Å²) in [6.45, 7) is 11.7. The molecule has 1 rings (SSSR count). The Kier molecular flexibility index (Phi) is 10.4. The number of benzene rings is 1. The standard InChI is InChI=1S/C25H39NO5/c1-18(27)21(12-10-8-9-11-17-31-25(5,6)23(29)30-7)26-22(28)19-13-15-20(16-14-19)24(2,3)4/h13-16,21H,8-12,17H2,1-7H3,(H,26,28). The average Bonchev–Trinajstić information content (AvgIpc) is 2.70. The molecule has 1 atom stereocenters. The van der Waals surface area contributed by atoms with Crippen LogP contribution in [0.25, 0.3) is 0 Å². The van der Waals surface area contributed by atoms with Crippen LogP contribution in [0.15, 0.2) is 24.3 Å². The average molecular weight is 434 g/mol. The number of rotatable bonds is 12. The van der Waals surface area contributed by atoms with Gasteiger partial charge in [-0.1, -0.05) is 52.2 Å². The molecule has 1 aromatic carbocycles. The highest BCUT2D eigenvalue weighted by Gasteiger charge is 2.29. The lowest BCUT2D eigenvalue weighted by atomic mass is 9.86. The largest absolute Gasteiger partial charge is 0.467 e. The maximum Gasteiger partial charge on any atom is 0.337 e. The van der Waals surface area contributed by atoms with Crippen molar-refractivity contribution in [1.29, 1.82) is 0 Å². The molecule has 0 saturated heterocycles. The van der Waals surface area contributed by atoms with E-state index in [1.54, 1.807) is 13.8 Å². The van der Waals surface area contributed by atoms with Crippen LogP contribution in [0.4, 0.5) is 0 Å². The Morgan fingerprint density at radius 3 is 2.03 bits per heavy atom. The van der Waals surface area contributed by atoms with Crippen molar-refractivity contribution in [3.8, 4) is 0 Å². The molecule has 0 fully saturated rings. The van der Waals surface area contributed by atoms with E-state index in [9.17, 15) is 14.4 Å². The molecule has 1 unspecified atom stereocenters. The first kappa shape index (κ1) is 26.8. The molecule has 0 bridgehead atoms. The van der Waals surface area contributed by atoms with Crippen LogP contribution in [0, 0.1) is 0 Å². The molecule has 6 nitrogen and oxygen atoms in total. The van der Waals surface area contributed by atoms with Crippen molar-refractivity contribution in [2.75, 3.05) is 13.7 Å². The molecule has 1 amide bonds. The molecule has 0 radical (unpaired) electrons. The number of hydrogen-bond acceptors (Lipinski definition) is 5. The Morgan fingerprint density at radius 1 is 0.935 bits per heavy atom. The van der Waals surface area contributed by atoms with Crippen LogP contribution in [0.3, 0.4) is 0 Å². The Balaban J connectivity index is 2.41. The summed E-state index contributed by atoms with van der Waals surface area (Å²) >= 11 is 0. The topological polar surface area (TPSA) is 81.7 Å². The quantitative estimate of drug-likeness (QED) is 0.385. The van der Waals surface area contributed by atoms with Gasteiger partial charge in [-0.3, -0.25) is 9.59 Å². The van der Waals surface area contributed by atoms with Crippen molar-refractivity contribution in [1.82, 2.24) is 5.32 Å². The van der Waals surface area contributed by atoms with E-state index in [1.807, 2.05) is 24.3 Å². The number of methoxy groups -OCH3 is 1.